The molecule has 8 nitrogen and oxygen atoms in total. The maximum absolute atomic E-state index is 5.85. The average molecular weight is 461 g/mol. The van der Waals surface area contributed by atoms with E-state index in [2.05, 4.69) is 51.3 Å². The molecule has 0 bridgehead atoms. The van der Waals surface area contributed by atoms with E-state index in [1.165, 1.54) is 0 Å². The van der Waals surface area contributed by atoms with Gasteiger partial charge >= 0.3 is 0 Å². The molecular weight excluding hydrogens is 428 g/mol. The summed E-state index contributed by atoms with van der Waals surface area (Å²) in [6, 6.07) is 14.0. The molecule has 2 heterocycles. The standard InChI is InChI=1S/C26H32N6O2/c1-4-6-10-16-34-22-14-13-19(17-23(22)33-3)18-27-30-26-28-25-24(29-31-26)20-11-8-9-12-21(20)32(25)15-7-5-2/h8-9,11-14,17-18H,4-7,10,15-16H2,1-3H3,(H,28,30,31)/b27-18+. The van der Waals surface area contributed by atoms with Gasteiger partial charge in [-0.05, 0) is 42.7 Å². The van der Waals surface area contributed by atoms with Gasteiger partial charge in [0, 0.05) is 11.9 Å². The molecule has 0 fully saturated rings. The summed E-state index contributed by atoms with van der Waals surface area (Å²) in [5, 5.41) is 14.0. The van der Waals surface area contributed by atoms with Crippen LogP contribution in [-0.4, -0.2) is 39.7 Å². The Morgan fingerprint density at radius 2 is 1.85 bits per heavy atom. The summed E-state index contributed by atoms with van der Waals surface area (Å²) in [6.45, 7) is 5.92. The molecule has 0 spiro atoms. The molecule has 0 unspecified atom stereocenters. The highest BCUT2D eigenvalue weighted by Gasteiger charge is 2.14. The Labute approximate surface area is 200 Å². The van der Waals surface area contributed by atoms with Crippen molar-refractivity contribution < 1.29 is 9.47 Å². The number of hydrogen-bond acceptors (Lipinski definition) is 7. The van der Waals surface area contributed by atoms with Crippen molar-refractivity contribution in [3.05, 3.63) is 48.0 Å². The fraction of sp³-hybridized carbons (Fsp3) is 0.385. The van der Waals surface area contributed by atoms with Gasteiger partial charge in [0.2, 0.25) is 0 Å². The zero-order chi connectivity index (χ0) is 23.8. The van der Waals surface area contributed by atoms with Crippen molar-refractivity contribution in [2.75, 3.05) is 19.1 Å². The van der Waals surface area contributed by atoms with Crippen LogP contribution in [0, 0.1) is 0 Å². The maximum Gasteiger partial charge on any atom is 0.265 e. The van der Waals surface area contributed by atoms with Gasteiger partial charge in [0.05, 0.1) is 25.4 Å². The van der Waals surface area contributed by atoms with Gasteiger partial charge < -0.3 is 14.0 Å². The number of hydrazone groups is 1. The molecule has 0 aliphatic heterocycles. The first-order valence-corrected chi connectivity index (χ1v) is 12.0. The van der Waals surface area contributed by atoms with E-state index in [9.17, 15) is 0 Å². The molecule has 2 aromatic heterocycles. The molecule has 34 heavy (non-hydrogen) atoms. The first-order valence-electron chi connectivity index (χ1n) is 12.0. The van der Waals surface area contributed by atoms with Crippen LogP contribution < -0.4 is 14.9 Å². The van der Waals surface area contributed by atoms with Gasteiger partial charge in [0.1, 0.15) is 5.52 Å². The molecule has 0 saturated carbocycles. The molecule has 0 amide bonds. The van der Waals surface area contributed by atoms with E-state index in [0.717, 1.165) is 72.0 Å². The molecule has 4 aromatic rings. The van der Waals surface area contributed by atoms with Crippen LogP contribution in [-0.2, 0) is 6.54 Å². The minimum atomic E-state index is 0.354. The van der Waals surface area contributed by atoms with Gasteiger partial charge in [-0.25, -0.2) is 5.43 Å². The predicted octanol–water partition coefficient (Wildman–Crippen LogP) is 5.80. The van der Waals surface area contributed by atoms with E-state index in [1.807, 2.05) is 30.3 Å². The Bertz CT molecular complexity index is 1270. The van der Waals surface area contributed by atoms with E-state index in [0.29, 0.717) is 18.3 Å². The normalized spacial score (nSPS) is 11.5. The summed E-state index contributed by atoms with van der Waals surface area (Å²) in [5.74, 6) is 1.77. The monoisotopic (exact) mass is 460 g/mol. The van der Waals surface area contributed by atoms with E-state index >= 15 is 0 Å². The molecule has 178 valence electrons. The highest BCUT2D eigenvalue weighted by atomic mass is 16.5. The van der Waals surface area contributed by atoms with Crippen LogP contribution in [0.25, 0.3) is 22.1 Å². The number of unbranched alkanes of at least 4 members (excludes halogenated alkanes) is 3. The van der Waals surface area contributed by atoms with Crippen molar-refractivity contribution in [3.8, 4) is 11.5 Å². The lowest BCUT2D eigenvalue weighted by molar-refractivity contribution is 0.286. The van der Waals surface area contributed by atoms with Gasteiger partial charge in [-0.1, -0.05) is 51.3 Å². The third kappa shape index (κ3) is 5.27. The number of hydrogen-bond donors (Lipinski definition) is 1. The van der Waals surface area contributed by atoms with Gasteiger partial charge in [-0.3, -0.25) is 0 Å². The number of fused-ring (bicyclic) bond motifs is 3. The SMILES string of the molecule is CCCCCOc1ccc(/C=N/Nc2nnc3c4ccccc4n(CCCC)c3n2)cc1OC. The van der Waals surface area contributed by atoms with Gasteiger partial charge in [0.15, 0.2) is 17.1 Å². The number of ether oxygens (including phenoxy) is 2. The summed E-state index contributed by atoms with van der Waals surface area (Å²) in [5.41, 5.74) is 6.53. The molecule has 0 radical (unpaired) electrons. The van der Waals surface area contributed by atoms with Crippen LogP contribution in [0.3, 0.4) is 0 Å². The number of rotatable bonds is 12. The number of nitrogens with one attached hydrogen (secondary N) is 1. The lowest BCUT2D eigenvalue weighted by Crippen LogP contribution is -2.03. The van der Waals surface area contributed by atoms with Crippen molar-refractivity contribution in [1.29, 1.82) is 0 Å². The fourth-order valence-corrected chi connectivity index (χ4v) is 3.88. The van der Waals surface area contributed by atoms with Crippen LogP contribution >= 0.6 is 0 Å². The van der Waals surface area contributed by atoms with E-state index in [-0.39, 0.29) is 0 Å². The minimum Gasteiger partial charge on any atom is -0.493 e. The summed E-state index contributed by atoms with van der Waals surface area (Å²) < 4.78 is 13.5. The van der Waals surface area contributed by atoms with Crippen molar-refractivity contribution >= 4 is 34.2 Å². The fourth-order valence-electron chi connectivity index (χ4n) is 3.88. The minimum absolute atomic E-state index is 0.354. The van der Waals surface area contributed by atoms with E-state index < -0.39 is 0 Å². The number of aryl methyl sites for hydroxylation is 1. The second-order valence-corrected chi connectivity index (χ2v) is 8.17. The van der Waals surface area contributed by atoms with Crippen LogP contribution in [0.4, 0.5) is 5.95 Å². The van der Waals surface area contributed by atoms with Crippen molar-refractivity contribution in [2.45, 2.75) is 52.5 Å². The molecule has 0 atom stereocenters. The van der Waals surface area contributed by atoms with E-state index in [4.69, 9.17) is 14.5 Å². The summed E-state index contributed by atoms with van der Waals surface area (Å²) in [7, 11) is 1.64. The number of para-hydroxylation sites is 1. The molecule has 0 saturated heterocycles. The van der Waals surface area contributed by atoms with Gasteiger partial charge in [-0.15, -0.1) is 10.2 Å². The quantitative estimate of drug-likeness (QED) is 0.163. The Hall–Kier alpha value is -3.68. The first-order chi connectivity index (χ1) is 16.7. The van der Waals surface area contributed by atoms with E-state index in [1.54, 1.807) is 13.3 Å². The second kappa shape index (κ2) is 11.4. The number of benzene rings is 2. The molecule has 8 heteroatoms. The summed E-state index contributed by atoms with van der Waals surface area (Å²) in [6.07, 6.45) is 7.22. The Balaban J connectivity index is 1.50. The van der Waals surface area contributed by atoms with Gasteiger partial charge in [0.25, 0.3) is 5.95 Å². The maximum atomic E-state index is 5.85. The molecule has 0 aliphatic rings. The van der Waals surface area contributed by atoms with Crippen LogP contribution in [0.5, 0.6) is 11.5 Å². The molecule has 4 rings (SSSR count). The van der Waals surface area contributed by atoms with Gasteiger partial charge in [-0.2, -0.15) is 10.1 Å². The van der Waals surface area contributed by atoms with Crippen molar-refractivity contribution in [3.63, 3.8) is 0 Å². The van der Waals surface area contributed by atoms with Crippen LogP contribution in [0.15, 0.2) is 47.6 Å². The first kappa shape index (κ1) is 23.5. The number of nitrogens with zero attached hydrogens (tertiary/aromatic N) is 5. The second-order valence-electron chi connectivity index (χ2n) is 8.17. The number of anilines is 1. The number of aromatic nitrogens is 4. The zero-order valence-corrected chi connectivity index (χ0v) is 20.1. The largest absolute Gasteiger partial charge is 0.493 e. The molecular formula is C26H32N6O2. The molecule has 2 aromatic carbocycles. The molecule has 0 aliphatic carbocycles. The lowest BCUT2D eigenvalue weighted by atomic mass is 10.2. The number of methoxy groups -OCH3 is 1. The smallest absolute Gasteiger partial charge is 0.265 e. The van der Waals surface area contributed by atoms with Crippen LogP contribution in [0.1, 0.15) is 51.5 Å². The highest BCUT2D eigenvalue weighted by molar-refractivity contribution is 6.04. The van der Waals surface area contributed by atoms with Crippen LogP contribution in [0.2, 0.25) is 0 Å². The Morgan fingerprint density at radius 3 is 2.68 bits per heavy atom. The summed E-state index contributed by atoms with van der Waals surface area (Å²) >= 11 is 0. The molecule has 1 N–H and O–H groups in total. The lowest BCUT2D eigenvalue weighted by Gasteiger charge is -2.11. The topological polar surface area (TPSA) is 86.5 Å². The third-order valence-electron chi connectivity index (χ3n) is 5.68. The predicted molar refractivity (Wildman–Crippen MR) is 137 cm³/mol. The van der Waals surface area contributed by atoms with Crippen molar-refractivity contribution in [1.82, 2.24) is 19.7 Å². The average Bonchev–Trinajstić information content (AvgIpc) is 3.18. The Morgan fingerprint density at radius 1 is 1.00 bits per heavy atom. The summed E-state index contributed by atoms with van der Waals surface area (Å²) in [4.78, 5) is 4.71. The Kier molecular flexibility index (Phi) is 7.91. The highest BCUT2D eigenvalue weighted by Crippen LogP contribution is 2.28. The zero-order valence-electron chi connectivity index (χ0n) is 20.1. The van der Waals surface area contributed by atoms with Crippen molar-refractivity contribution in [2.24, 2.45) is 5.10 Å². The third-order valence-corrected chi connectivity index (χ3v) is 5.68.